The van der Waals surface area contributed by atoms with Gasteiger partial charge in [-0.25, -0.2) is 4.98 Å². The van der Waals surface area contributed by atoms with Crippen LogP contribution in [0.15, 0.2) is 28.7 Å². The number of hydrogen-bond acceptors (Lipinski definition) is 3. The number of nitrogens with two attached hydrogens (primary N) is 1. The maximum absolute atomic E-state index is 5.74. The molecule has 2 nitrogen and oxygen atoms in total. The highest BCUT2D eigenvalue weighted by atomic mass is 79.9. The van der Waals surface area contributed by atoms with Crippen LogP contribution in [-0.2, 0) is 12.8 Å². The Bertz CT molecular complexity index is 494. The van der Waals surface area contributed by atoms with Gasteiger partial charge < -0.3 is 5.73 Å². The van der Waals surface area contributed by atoms with E-state index in [-0.39, 0.29) is 0 Å². The van der Waals surface area contributed by atoms with Gasteiger partial charge in [-0.2, -0.15) is 0 Å². The third kappa shape index (κ3) is 2.44. The van der Waals surface area contributed by atoms with Crippen LogP contribution >= 0.6 is 27.3 Å². The zero-order valence-corrected chi connectivity index (χ0v) is 11.4. The summed E-state index contributed by atoms with van der Waals surface area (Å²) in [6.45, 7) is 2.11. The predicted octanol–water partition coefficient (Wildman–Crippen LogP) is 3.64. The molecular weight excluding hydrogens is 284 g/mol. The molecule has 0 atom stereocenters. The van der Waals surface area contributed by atoms with E-state index in [9.17, 15) is 0 Å². The van der Waals surface area contributed by atoms with E-state index in [1.165, 1.54) is 10.4 Å². The van der Waals surface area contributed by atoms with Crippen LogP contribution in [-0.4, -0.2) is 4.98 Å². The molecule has 1 aromatic carbocycles. The molecule has 0 radical (unpaired) electrons. The molecule has 0 bridgehead atoms. The maximum atomic E-state index is 5.74. The van der Waals surface area contributed by atoms with Crippen LogP contribution in [0.5, 0.6) is 0 Å². The third-order valence-electron chi connectivity index (χ3n) is 2.44. The highest BCUT2D eigenvalue weighted by Crippen LogP contribution is 2.26. The molecule has 0 aliphatic rings. The molecule has 0 saturated heterocycles. The van der Waals surface area contributed by atoms with Crippen LogP contribution in [0.2, 0.25) is 0 Å². The molecule has 0 unspecified atom stereocenters. The summed E-state index contributed by atoms with van der Waals surface area (Å²) in [6, 6.07) is 8.26. The van der Waals surface area contributed by atoms with Gasteiger partial charge in [-0.05, 0) is 18.1 Å². The Morgan fingerprint density at radius 1 is 1.38 bits per heavy atom. The van der Waals surface area contributed by atoms with Crippen molar-refractivity contribution in [3.05, 3.63) is 44.9 Å². The smallest absolute Gasteiger partial charge is 0.180 e. The van der Waals surface area contributed by atoms with Gasteiger partial charge in [-0.3, -0.25) is 0 Å². The van der Waals surface area contributed by atoms with Gasteiger partial charge in [-0.15, -0.1) is 11.3 Å². The van der Waals surface area contributed by atoms with Gasteiger partial charge in [0, 0.05) is 15.8 Å². The second kappa shape index (κ2) is 4.97. The van der Waals surface area contributed by atoms with Crippen molar-refractivity contribution in [1.29, 1.82) is 0 Å². The van der Waals surface area contributed by atoms with E-state index in [0.29, 0.717) is 5.13 Å². The third-order valence-corrected chi connectivity index (χ3v) is 4.14. The standard InChI is InChI=1S/C12H13BrN2S/c1-2-10-11(16-12(14)15-10)7-8-5-3-4-6-9(8)13/h3-6H,2,7H2,1H3,(H2,14,15). The molecule has 16 heavy (non-hydrogen) atoms. The van der Waals surface area contributed by atoms with Crippen molar-refractivity contribution in [1.82, 2.24) is 4.98 Å². The number of nitrogens with zero attached hydrogens (tertiary/aromatic N) is 1. The lowest BCUT2D eigenvalue weighted by atomic mass is 10.1. The normalized spacial score (nSPS) is 10.6. The van der Waals surface area contributed by atoms with E-state index in [1.807, 2.05) is 6.07 Å². The first-order chi connectivity index (χ1) is 7.70. The zero-order chi connectivity index (χ0) is 11.5. The van der Waals surface area contributed by atoms with Crippen molar-refractivity contribution < 1.29 is 0 Å². The van der Waals surface area contributed by atoms with Crippen LogP contribution < -0.4 is 5.73 Å². The van der Waals surface area contributed by atoms with Crippen LogP contribution in [0.3, 0.4) is 0 Å². The molecule has 2 N–H and O–H groups in total. The minimum absolute atomic E-state index is 0.666. The van der Waals surface area contributed by atoms with Gasteiger partial charge in [0.15, 0.2) is 5.13 Å². The SMILES string of the molecule is CCc1nc(N)sc1Cc1ccccc1Br. The number of halogens is 1. The van der Waals surface area contributed by atoms with E-state index in [0.717, 1.165) is 23.0 Å². The van der Waals surface area contributed by atoms with E-state index in [1.54, 1.807) is 11.3 Å². The lowest BCUT2D eigenvalue weighted by molar-refractivity contribution is 1.02. The highest BCUT2D eigenvalue weighted by Gasteiger charge is 2.09. The molecule has 0 amide bonds. The van der Waals surface area contributed by atoms with Crippen molar-refractivity contribution in [2.75, 3.05) is 5.73 Å². The summed E-state index contributed by atoms with van der Waals surface area (Å²) in [6.07, 6.45) is 1.84. The molecule has 1 heterocycles. The summed E-state index contributed by atoms with van der Waals surface area (Å²) in [4.78, 5) is 5.61. The highest BCUT2D eigenvalue weighted by molar-refractivity contribution is 9.10. The van der Waals surface area contributed by atoms with Crippen LogP contribution in [0.4, 0.5) is 5.13 Å². The fourth-order valence-electron chi connectivity index (χ4n) is 1.63. The van der Waals surface area contributed by atoms with Gasteiger partial charge in [0.05, 0.1) is 5.69 Å². The monoisotopic (exact) mass is 296 g/mol. The van der Waals surface area contributed by atoms with Crippen molar-refractivity contribution >= 4 is 32.4 Å². The average molecular weight is 297 g/mol. The number of anilines is 1. The Morgan fingerprint density at radius 3 is 2.81 bits per heavy atom. The molecule has 84 valence electrons. The molecule has 0 aliphatic heterocycles. The van der Waals surface area contributed by atoms with Crippen molar-refractivity contribution in [2.24, 2.45) is 0 Å². The fourth-order valence-corrected chi connectivity index (χ4v) is 3.00. The summed E-state index contributed by atoms with van der Waals surface area (Å²) in [7, 11) is 0. The summed E-state index contributed by atoms with van der Waals surface area (Å²) < 4.78 is 1.14. The quantitative estimate of drug-likeness (QED) is 0.939. The van der Waals surface area contributed by atoms with Gasteiger partial charge in [0.25, 0.3) is 0 Å². The van der Waals surface area contributed by atoms with Crippen LogP contribution in [0.1, 0.15) is 23.1 Å². The molecule has 0 spiro atoms. The minimum Gasteiger partial charge on any atom is -0.375 e. The Balaban J connectivity index is 2.30. The maximum Gasteiger partial charge on any atom is 0.180 e. The summed E-state index contributed by atoms with van der Waals surface area (Å²) in [5.41, 5.74) is 8.14. The number of aryl methyl sites for hydroxylation is 1. The Labute approximate surface area is 108 Å². The zero-order valence-electron chi connectivity index (χ0n) is 9.03. The number of aromatic nitrogens is 1. The predicted molar refractivity (Wildman–Crippen MR) is 72.9 cm³/mol. The topological polar surface area (TPSA) is 38.9 Å². The molecule has 0 aliphatic carbocycles. The van der Waals surface area contributed by atoms with Crippen molar-refractivity contribution in [3.8, 4) is 0 Å². The van der Waals surface area contributed by atoms with Gasteiger partial charge in [0.1, 0.15) is 0 Å². The van der Waals surface area contributed by atoms with Gasteiger partial charge in [-0.1, -0.05) is 41.1 Å². The number of thiazole rings is 1. The summed E-state index contributed by atoms with van der Waals surface area (Å²) in [5.74, 6) is 0. The molecule has 2 rings (SSSR count). The second-order valence-corrected chi connectivity index (χ2v) is 5.51. The van der Waals surface area contributed by atoms with E-state index < -0.39 is 0 Å². The number of hydrogen-bond donors (Lipinski definition) is 1. The fraction of sp³-hybridized carbons (Fsp3) is 0.250. The first kappa shape index (κ1) is 11.6. The first-order valence-electron chi connectivity index (χ1n) is 5.18. The van der Waals surface area contributed by atoms with E-state index in [2.05, 4.69) is 46.0 Å². The number of benzene rings is 1. The van der Waals surface area contributed by atoms with Gasteiger partial charge >= 0.3 is 0 Å². The summed E-state index contributed by atoms with van der Waals surface area (Å²) >= 11 is 5.15. The Kier molecular flexibility index (Phi) is 3.61. The minimum atomic E-state index is 0.666. The molecule has 0 saturated carbocycles. The van der Waals surface area contributed by atoms with Gasteiger partial charge in [0.2, 0.25) is 0 Å². The lowest BCUT2D eigenvalue weighted by Gasteiger charge is -2.03. The molecule has 0 fully saturated rings. The second-order valence-electron chi connectivity index (χ2n) is 3.54. The number of rotatable bonds is 3. The first-order valence-corrected chi connectivity index (χ1v) is 6.79. The molecule has 4 heteroatoms. The van der Waals surface area contributed by atoms with Crippen LogP contribution in [0, 0.1) is 0 Å². The largest absolute Gasteiger partial charge is 0.375 e. The Morgan fingerprint density at radius 2 is 2.12 bits per heavy atom. The van der Waals surface area contributed by atoms with Crippen molar-refractivity contribution in [3.63, 3.8) is 0 Å². The average Bonchev–Trinajstić information content (AvgIpc) is 2.62. The molecular formula is C12H13BrN2S. The number of nitrogen functional groups attached to an aromatic ring is 1. The van der Waals surface area contributed by atoms with Crippen LogP contribution in [0.25, 0.3) is 0 Å². The molecule has 2 aromatic rings. The lowest BCUT2D eigenvalue weighted by Crippen LogP contribution is -1.92. The molecule has 1 aromatic heterocycles. The van der Waals surface area contributed by atoms with E-state index >= 15 is 0 Å². The summed E-state index contributed by atoms with van der Waals surface area (Å²) in [5, 5.41) is 0.666. The van der Waals surface area contributed by atoms with Crippen molar-refractivity contribution in [2.45, 2.75) is 19.8 Å². The van der Waals surface area contributed by atoms with E-state index in [4.69, 9.17) is 5.73 Å². The Hall–Kier alpha value is -0.870.